The van der Waals surface area contributed by atoms with Crippen LogP contribution < -0.4 is 11.5 Å². The predicted molar refractivity (Wildman–Crippen MR) is 22.1 cm³/mol. The van der Waals surface area contributed by atoms with Gasteiger partial charge in [-0.05, 0) is 0 Å². The van der Waals surface area contributed by atoms with Gasteiger partial charge in [-0.2, -0.15) is 0 Å². The van der Waals surface area contributed by atoms with E-state index in [0.29, 0.717) is 0 Å². The molecule has 0 aromatic carbocycles. The number of rotatable bonds is 1. The van der Waals surface area contributed by atoms with Gasteiger partial charge in [0.1, 0.15) is 6.61 Å². The Balaban J connectivity index is 2.55. The van der Waals surface area contributed by atoms with Gasteiger partial charge in [0.25, 0.3) is 5.91 Å². The van der Waals surface area contributed by atoms with Crippen molar-refractivity contribution in [1.29, 1.82) is 0 Å². The van der Waals surface area contributed by atoms with Gasteiger partial charge in [0, 0.05) is 0 Å². The normalized spacial score (nSPS) is 37.9. The lowest BCUT2D eigenvalue weighted by Gasteiger charge is -1.92. The summed E-state index contributed by atoms with van der Waals surface area (Å²) in [5, 5.41) is 0. The minimum atomic E-state index is -1.11. The zero-order valence-electron chi connectivity index (χ0n) is 3.68. The monoisotopic (exact) mass is 102 g/mol. The maximum Gasteiger partial charge on any atom is 0.267 e. The summed E-state index contributed by atoms with van der Waals surface area (Å²) >= 11 is 0. The second kappa shape index (κ2) is 0.962. The van der Waals surface area contributed by atoms with Crippen LogP contribution in [0.15, 0.2) is 0 Å². The standard InChI is InChI=1S/C3H6N2O2/c4-2(6)3(5)1-7-3/h1,5H2,(H2,4,6). The molecule has 0 bridgehead atoms. The molecule has 4 nitrogen and oxygen atoms in total. The first kappa shape index (κ1) is 4.55. The molecule has 0 aromatic rings. The van der Waals surface area contributed by atoms with Crippen LogP contribution in [0.4, 0.5) is 0 Å². The number of primary amides is 1. The molecule has 1 amide bonds. The molecule has 7 heavy (non-hydrogen) atoms. The summed E-state index contributed by atoms with van der Waals surface area (Å²) in [5.41, 5.74) is 8.72. The first-order valence-corrected chi connectivity index (χ1v) is 1.88. The van der Waals surface area contributed by atoms with Crippen LogP contribution in [-0.4, -0.2) is 18.2 Å². The molecule has 0 saturated carbocycles. The summed E-state index contributed by atoms with van der Waals surface area (Å²) in [6, 6.07) is 0. The predicted octanol–water partition coefficient (Wildman–Crippen LogP) is -1.84. The first-order valence-electron chi connectivity index (χ1n) is 1.88. The van der Waals surface area contributed by atoms with Crippen LogP contribution in [0.25, 0.3) is 0 Å². The van der Waals surface area contributed by atoms with Crippen molar-refractivity contribution >= 4 is 5.91 Å². The molecule has 0 radical (unpaired) electrons. The zero-order valence-corrected chi connectivity index (χ0v) is 3.68. The Morgan fingerprint density at radius 3 is 2.29 bits per heavy atom. The maximum absolute atomic E-state index is 10.1. The highest BCUT2D eigenvalue weighted by Crippen LogP contribution is 2.17. The molecule has 1 heterocycles. The molecule has 0 aromatic heterocycles. The van der Waals surface area contributed by atoms with Gasteiger partial charge in [0.05, 0.1) is 0 Å². The summed E-state index contributed by atoms with van der Waals surface area (Å²) in [4.78, 5) is 10.1. The SMILES string of the molecule is NC(=O)C1(N)CO1. The minimum Gasteiger partial charge on any atom is -0.366 e. The number of hydrogen-bond donors (Lipinski definition) is 2. The Morgan fingerprint density at radius 1 is 1.86 bits per heavy atom. The van der Waals surface area contributed by atoms with E-state index in [2.05, 4.69) is 4.74 Å². The molecule has 1 unspecified atom stereocenters. The van der Waals surface area contributed by atoms with E-state index in [9.17, 15) is 4.79 Å². The Morgan fingerprint density at radius 2 is 2.29 bits per heavy atom. The topological polar surface area (TPSA) is 81.6 Å². The highest BCUT2D eigenvalue weighted by Gasteiger charge is 2.46. The highest BCUT2D eigenvalue weighted by molar-refractivity contribution is 5.85. The van der Waals surface area contributed by atoms with Gasteiger partial charge in [-0.25, -0.2) is 0 Å². The molecule has 1 saturated heterocycles. The van der Waals surface area contributed by atoms with Gasteiger partial charge in [0.15, 0.2) is 0 Å². The van der Waals surface area contributed by atoms with Crippen LogP contribution in [0, 0.1) is 0 Å². The Hall–Kier alpha value is -0.610. The van der Waals surface area contributed by atoms with E-state index < -0.39 is 11.6 Å². The molecule has 40 valence electrons. The summed E-state index contributed by atoms with van der Waals surface area (Å²) in [7, 11) is 0. The quantitative estimate of drug-likeness (QED) is 0.381. The molecule has 1 aliphatic rings. The van der Waals surface area contributed by atoms with Gasteiger partial charge < -0.3 is 10.5 Å². The summed E-state index contributed by atoms with van der Waals surface area (Å²) in [6.07, 6.45) is 0. The number of ether oxygens (including phenoxy) is 1. The average molecular weight is 102 g/mol. The number of carbonyl (C=O) groups excluding carboxylic acids is 1. The van der Waals surface area contributed by atoms with E-state index in [0.717, 1.165) is 0 Å². The maximum atomic E-state index is 10.1. The molecular formula is C3H6N2O2. The number of carbonyl (C=O) groups is 1. The molecular weight excluding hydrogens is 96.0 g/mol. The van der Waals surface area contributed by atoms with Crippen molar-refractivity contribution in [1.82, 2.24) is 0 Å². The third-order valence-corrected chi connectivity index (χ3v) is 0.872. The Bertz CT molecular complexity index is 108. The fraction of sp³-hybridized carbons (Fsp3) is 0.667. The number of amides is 1. The first-order chi connectivity index (χ1) is 3.15. The number of hydrogen-bond acceptors (Lipinski definition) is 3. The molecule has 0 spiro atoms. The van der Waals surface area contributed by atoms with Crippen molar-refractivity contribution in [3.8, 4) is 0 Å². The van der Waals surface area contributed by atoms with Crippen molar-refractivity contribution < 1.29 is 9.53 Å². The fourth-order valence-corrected chi connectivity index (χ4v) is 0.220. The van der Waals surface area contributed by atoms with Crippen molar-refractivity contribution in [2.75, 3.05) is 6.61 Å². The lowest BCUT2D eigenvalue weighted by Crippen LogP contribution is -2.40. The summed E-state index contributed by atoms with van der Waals surface area (Å²) in [5.74, 6) is -0.590. The van der Waals surface area contributed by atoms with Crippen molar-refractivity contribution in [3.05, 3.63) is 0 Å². The van der Waals surface area contributed by atoms with Gasteiger partial charge in [0.2, 0.25) is 5.72 Å². The molecule has 1 atom stereocenters. The number of epoxide rings is 1. The highest BCUT2D eigenvalue weighted by atomic mass is 16.6. The lowest BCUT2D eigenvalue weighted by atomic mass is 10.3. The molecule has 1 rings (SSSR count). The van der Waals surface area contributed by atoms with E-state index in [4.69, 9.17) is 11.5 Å². The second-order valence-electron chi connectivity index (χ2n) is 1.54. The second-order valence-corrected chi connectivity index (χ2v) is 1.54. The van der Waals surface area contributed by atoms with Crippen LogP contribution in [0.1, 0.15) is 0 Å². The molecule has 4 N–H and O–H groups in total. The largest absolute Gasteiger partial charge is 0.366 e. The van der Waals surface area contributed by atoms with Crippen molar-refractivity contribution in [3.63, 3.8) is 0 Å². The van der Waals surface area contributed by atoms with Gasteiger partial charge in [-0.3, -0.25) is 10.5 Å². The smallest absolute Gasteiger partial charge is 0.267 e. The third kappa shape index (κ3) is 0.574. The van der Waals surface area contributed by atoms with Crippen LogP contribution in [0.3, 0.4) is 0 Å². The van der Waals surface area contributed by atoms with E-state index in [-0.39, 0.29) is 6.61 Å². The van der Waals surface area contributed by atoms with E-state index >= 15 is 0 Å². The van der Waals surface area contributed by atoms with E-state index in [1.807, 2.05) is 0 Å². The van der Waals surface area contributed by atoms with E-state index in [1.165, 1.54) is 0 Å². The molecule has 4 heteroatoms. The van der Waals surface area contributed by atoms with Crippen molar-refractivity contribution in [2.24, 2.45) is 11.5 Å². The Labute approximate surface area is 40.4 Å². The van der Waals surface area contributed by atoms with Crippen LogP contribution in [0.5, 0.6) is 0 Å². The molecule has 0 aliphatic carbocycles. The third-order valence-electron chi connectivity index (χ3n) is 0.872. The van der Waals surface area contributed by atoms with E-state index in [1.54, 1.807) is 0 Å². The van der Waals surface area contributed by atoms with Crippen LogP contribution in [0.2, 0.25) is 0 Å². The Kier molecular flexibility index (Phi) is 0.625. The van der Waals surface area contributed by atoms with Gasteiger partial charge >= 0.3 is 0 Å². The fourth-order valence-electron chi connectivity index (χ4n) is 0.220. The average Bonchev–Trinajstić information content (AvgIpc) is 2.21. The zero-order chi connectivity index (χ0) is 5.49. The summed E-state index contributed by atoms with van der Waals surface area (Å²) < 4.78 is 4.46. The lowest BCUT2D eigenvalue weighted by molar-refractivity contribution is -0.122. The van der Waals surface area contributed by atoms with Gasteiger partial charge in [-0.1, -0.05) is 0 Å². The number of nitrogens with two attached hydrogens (primary N) is 2. The minimum absolute atomic E-state index is 0.266. The summed E-state index contributed by atoms with van der Waals surface area (Å²) in [6.45, 7) is 0.266. The van der Waals surface area contributed by atoms with Crippen LogP contribution in [-0.2, 0) is 9.53 Å². The van der Waals surface area contributed by atoms with Crippen LogP contribution >= 0.6 is 0 Å². The van der Waals surface area contributed by atoms with Crippen molar-refractivity contribution in [2.45, 2.75) is 5.72 Å². The molecule has 1 aliphatic heterocycles. The molecule has 1 fully saturated rings. The van der Waals surface area contributed by atoms with Gasteiger partial charge in [-0.15, -0.1) is 0 Å².